The molecule has 3 heteroatoms. The molecule has 0 fully saturated rings. The summed E-state index contributed by atoms with van der Waals surface area (Å²) in [5.41, 5.74) is 1.18. The monoisotopic (exact) mass is 219 g/mol. The van der Waals surface area contributed by atoms with E-state index in [1.54, 1.807) is 13.8 Å². The molecule has 0 atom stereocenters. The van der Waals surface area contributed by atoms with Crippen LogP contribution in [0.25, 0.3) is 0 Å². The normalized spacial score (nSPS) is 17.7. The Kier molecular flexibility index (Phi) is 2.41. The highest BCUT2D eigenvalue weighted by Gasteiger charge is 2.35. The minimum absolute atomic E-state index is 0.0964. The number of anilines is 1. The lowest BCUT2D eigenvalue weighted by atomic mass is 10.0. The molecule has 1 heterocycles. The van der Waals surface area contributed by atoms with E-state index in [-0.39, 0.29) is 5.91 Å². The molecule has 1 aliphatic heterocycles. The lowest BCUT2D eigenvalue weighted by Gasteiger charge is -2.31. The second-order valence-electron chi connectivity index (χ2n) is 4.98. The van der Waals surface area contributed by atoms with Gasteiger partial charge in [0.2, 0.25) is 0 Å². The maximum Gasteiger partial charge on any atom is 0.268 e. The number of rotatable bonds is 1. The molecule has 0 radical (unpaired) electrons. The van der Waals surface area contributed by atoms with Crippen molar-refractivity contribution in [3.05, 3.63) is 23.8 Å². The number of hydrogen-bond acceptors (Lipinski definition) is 2. The van der Waals surface area contributed by atoms with Crippen molar-refractivity contribution in [2.24, 2.45) is 0 Å². The van der Waals surface area contributed by atoms with E-state index in [1.165, 1.54) is 5.56 Å². The second-order valence-corrected chi connectivity index (χ2v) is 4.98. The third kappa shape index (κ3) is 1.77. The highest BCUT2D eigenvalue weighted by Crippen LogP contribution is 2.35. The number of nitrogens with one attached hydrogen (secondary N) is 1. The molecule has 1 aliphatic rings. The third-order valence-electron chi connectivity index (χ3n) is 2.83. The topological polar surface area (TPSA) is 38.3 Å². The van der Waals surface area contributed by atoms with Crippen molar-refractivity contribution in [1.29, 1.82) is 0 Å². The Bertz CT molecular complexity index is 436. The zero-order valence-electron chi connectivity index (χ0n) is 10.1. The van der Waals surface area contributed by atoms with E-state index in [9.17, 15) is 4.79 Å². The van der Waals surface area contributed by atoms with E-state index >= 15 is 0 Å². The Labute approximate surface area is 95.8 Å². The maximum absolute atomic E-state index is 11.7. The number of hydrogen-bond donors (Lipinski definition) is 1. The van der Waals surface area contributed by atoms with Gasteiger partial charge in [-0.15, -0.1) is 0 Å². The fourth-order valence-electron chi connectivity index (χ4n) is 1.69. The summed E-state index contributed by atoms with van der Waals surface area (Å²) < 4.78 is 5.65. The van der Waals surface area contributed by atoms with Gasteiger partial charge < -0.3 is 10.1 Å². The molecule has 0 aromatic heterocycles. The summed E-state index contributed by atoms with van der Waals surface area (Å²) in [4.78, 5) is 11.7. The van der Waals surface area contributed by atoms with Crippen LogP contribution < -0.4 is 10.1 Å². The highest BCUT2D eigenvalue weighted by molar-refractivity contribution is 6.00. The summed E-state index contributed by atoms with van der Waals surface area (Å²) in [7, 11) is 0. The number of carbonyl (C=O) groups excluding carboxylic acids is 1. The molecule has 0 spiro atoms. The zero-order chi connectivity index (χ0) is 11.9. The highest BCUT2D eigenvalue weighted by atomic mass is 16.5. The Morgan fingerprint density at radius 3 is 2.62 bits per heavy atom. The van der Waals surface area contributed by atoms with E-state index in [2.05, 4.69) is 19.2 Å². The molecular formula is C13H17NO2. The minimum atomic E-state index is -0.785. The average Bonchev–Trinajstić information content (AvgIpc) is 2.18. The lowest BCUT2D eigenvalue weighted by molar-refractivity contribution is -0.129. The SMILES string of the molecule is CC(C)c1ccc2c(c1)NC(=O)C(C)(C)O2. The molecule has 0 bridgehead atoms. The summed E-state index contributed by atoms with van der Waals surface area (Å²) >= 11 is 0. The first kappa shape index (κ1) is 11.0. The van der Waals surface area contributed by atoms with Gasteiger partial charge in [0.15, 0.2) is 5.60 Å². The number of benzene rings is 1. The Morgan fingerprint density at radius 2 is 2.00 bits per heavy atom. The molecule has 1 aromatic rings. The first-order valence-corrected chi connectivity index (χ1v) is 5.54. The number of ether oxygens (including phenoxy) is 1. The summed E-state index contributed by atoms with van der Waals surface area (Å²) in [5.74, 6) is 1.09. The van der Waals surface area contributed by atoms with Crippen LogP contribution in [0.3, 0.4) is 0 Å². The van der Waals surface area contributed by atoms with E-state index in [0.29, 0.717) is 5.92 Å². The van der Waals surface area contributed by atoms with Gasteiger partial charge in [-0.05, 0) is 37.5 Å². The first-order valence-electron chi connectivity index (χ1n) is 5.54. The Morgan fingerprint density at radius 1 is 1.31 bits per heavy atom. The predicted molar refractivity (Wildman–Crippen MR) is 63.9 cm³/mol. The molecule has 0 unspecified atom stereocenters. The van der Waals surface area contributed by atoms with Crippen LogP contribution in [0.4, 0.5) is 5.69 Å². The van der Waals surface area contributed by atoms with E-state index in [4.69, 9.17) is 4.74 Å². The zero-order valence-corrected chi connectivity index (χ0v) is 10.1. The van der Waals surface area contributed by atoms with Gasteiger partial charge in [-0.3, -0.25) is 4.79 Å². The van der Waals surface area contributed by atoms with Gasteiger partial charge in [0, 0.05) is 0 Å². The molecule has 1 N–H and O–H groups in total. The quantitative estimate of drug-likeness (QED) is 0.788. The molecule has 86 valence electrons. The van der Waals surface area contributed by atoms with Gasteiger partial charge in [-0.2, -0.15) is 0 Å². The Balaban J connectivity index is 2.41. The molecule has 1 amide bonds. The van der Waals surface area contributed by atoms with Crippen LogP contribution >= 0.6 is 0 Å². The van der Waals surface area contributed by atoms with Crippen molar-refractivity contribution >= 4 is 11.6 Å². The maximum atomic E-state index is 11.7. The van der Waals surface area contributed by atoms with Crippen molar-refractivity contribution in [3.8, 4) is 5.75 Å². The van der Waals surface area contributed by atoms with Crippen LogP contribution in [0.1, 0.15) is 39.2 Å². The van der Waals surface area contributed by atoms with Crippen molar-refractivity contribution in [2.75, 3.05) is 5.32 Å². The summed E-state index contributed by atoms with van der Waals surface area (Å²) in [6, 6.07) is 5.94. The smallest absolute Gasteiger partial charge is 0.268 e. The largest absolute Gasteiger partial charge is 0.476 e. The van der Waals surface area contributed by atoms with Gasteiger partial charge in [0.1, 0.15) is 5.75 Å². The van der Waals surface area contributed by atoms with E-state index < -0.39 is 5.60 Å². The van der Waals surface area contributed by atoms with Gasteiger partial charge >= 0.3 is 0 Å². The van der Waals surface area contributed by atoms with Crippen molar-refractivity contribution < 1.29 is 9.53 Å². The first-order chi connectivity index (χ1) is 7.40. The van der Waals surface area contributed by atoms with Crippen molar-refractivity contribution in [1.82, 2.24) is 0 Å². The summed E-state index contributed by atoms with van der Waals surface area (Å²) in [5, 5.41) is 2.88. The molecule has 0 saturated carbocycles. The lowest BCUT2D eigenvalue weighted by Crippen LogP contribution is -2.45. The van der Waals surface area contributed by atoms with Gasteiger partial charge in [0.25, 0.3) is 5.91 Å². The van der Waals surface area contributed by atoms with Crippen LogP contribution in [0.5, 0.6) is 5.75 Å². The fourth-order valence-corrected chi connectivity index (χ4v) is 1.69. The van der Waals surface area contributed by atoms with Crippen LogP contribution in [-0.2, 0) is 4.79 Å². The predicted octanol–water partition coefficient (Wildman–Crippen LogP) is 2.92. The molecule has 2 rings (SSSR count). The van der Waals surface area contributed by atoms with Crippen LogP contribution in [0, 0.1) is 0 Å². The third-order valence-corrected chi connectivity index (χ3v) is 2.83. The average molecular weight is 219 g/mol. The summed E-state index contributed by atoms with van der Waals surface area (Å²) in [6.45, 7) is 7.78. The van der Waals surface area contributed by atoms with Crippen molar-refractivity contribution in [3.63, 3.8) is 0 Å². The summed E-state index contributed by atoms with van der Waals surface area (Å²) in [6.07, 6.45) is 0. The number of fused-ring (bicyclic) bond motifs is 1. The Hall–Kier alpha value is -1.51. The van der Waals surface area contributed by atoms with E-state index in [0.717, 1.165) is 11.4 Å². The van der Waals surface area contributed by atoms with Gasteiger partial charge in [0.05, 0.1) is 5.69 Å². The van der Waals surface area contributed by atoms with E-state index in [1.807, 2.05) is 18.2 Å². The molecule has 1 aromatic carbocycles. The number of carbonyl (C=O) groups is 1. The van der Waals surface area contributed by atoms with Crippen LogP contribution in [-0.4, -0.2) is 11.5 Å². The van der Waals surface area contributed by atoms with Gasteiger partial charge in [-0.25, -0.2) is 0 Å². The molecule has 16 heavy (non-hydrogen) atoms. The van der Waals surface area contributed by atoms with Crippen LogP contribution in [0.15, 0.2) is 18.2 Å². The standard InChI is InChI=1S/C13H17NO2/c1-8(2)9-5-6-11-10(7-9)14-12(15)13(3,4)16-11/h5-8H,1-4H3,(H,14,15). The molecule has 3 nitrogen and oxygen atoms in total. The minimum Gasteiger partial charge on any atom is -0.476 e. The number of amides is 1. The fraction of sp³-hybridized carbons (Fsp3) is 0.462. The second kappa shape index (κ2) is 3.51. The van der Waals surface area contributed by atoms with Crippen LogP contribution in [0.2, 0.25) is 0 Å². The molecule has 0 saturated heterocycles. The van der Waals surface area contributed by atoms with Gasteiger partial charge in [-0.1, -0.05) is 19.9 Å². The molecule has 0 aliphatic carbocycles. The molecular weight excluding hydrogens is 202 g/mol. The van der Waals surface area contributed by atoms with Crippen molar-refractivity contribution in [2.45, 2.75) is 39.2 Å².